The van der Waals surface area contributed by atoms with Crippen LogP contribution in [-0.4, -0.2) is 5.78 Å². The molecule has 0 N–H and O–H groups in total. The molecular formula is C12H12OS2. The van der Waals surface area contributed by atoms with Crippen molar-refractivity contribution >= 4 is 28.5 Å². The van der Waals surface area contributed by atoms with Gasteiger partial charge in [-0.1, -0.05) is 6.92 Å². The van der Waals surface area contributed by atoms with E-state index in [1.807, 2.05) is 30.5 Å². The molecule has 2 rings (SSSR count). The summed E-state index contributed by atoms with van der Waals surface area (Å²) in [7, 11) is 0. The molecular weight excluding hydrogens is 224 g/mol. The smallest absolute Gasteiger partial charge is 0.213 e. The van der Waals surface area contributed by atoms with Crippen molar-refractivity contribution in [2.75, 3.05) is 0 Å². The molecule has 0 spiro atoms. The lowest BCUT2D eigenvalue weighted by Gasteiger charge is -1.97. The van der Waals surface area contributed by atoms with Gasteiger partial charge >= 0.3 is 0 Å². The average molecular weight is 236 g/mol. The van der Waals surface area contributed by atoms with Crippen LogP contribution >= 0.6 is 22.7 Å². The number of rotatable bonds is 3. The van der Waals surface area contributed by atoms with Crippen LogP contribution < -0.4 is 0 Å². The highest BCUT2D eigenvalue weighted by Crippen LogP contribution is 2.25. The Hall–Kier alpha value is -0.930. The van der Waals surface area contributed by atoms with Gasteiger partial charge in [-0.3, -0.25) is 4.79 Å². The maximum absolute atomic E-state index is 12.1. The normalized spacial score (nSPS) is 10.5. The summed E-state index contributed by atoms with van der Waals surface area (Å²) in [6, 6.07) is 5.96. The van der Waals surface area contributed by atoms with Crippen molar-refractivity contribution in [3.63, 3.8) is 0 Å². The van der Waals surface area contributed by atoms with Crippen LogP contribution in [-0.2, 0) is 6.42 Å². The molecule has 0 amide bonds. The van der Waals surface area contributed by atoms with Gasteiger partial charge in [0, 0.05) is 4.88 Å². The molecule has 3 heteroatoms. The van der Waals surface area contributed by atoms with Gasteiger partial charge in [-0.2, -0.15) is 0 Å². The minimum Gasteiger partial charge on any atom is -0.287 e. The number of thiophene rings is 2. The first-order valence-electron chi connectivity index (χ1n) is 4.90. The van der Waals surface area contributed by atoms with Gasteiger partial charge < -0.3 is 0 Å². The summed E-state index contributed by atoms with van der Waals surface area (Å²) in [6.45, 7) is 4.11. The molecule has 2 heterocycles. The van der Waals surface area contributed by atoms with E-state index in [-0.39, 0.29) is 5.78 Å². The van der Waals surface area contributed by atoms with Crippen LogP contribution in [0.25, 0.3) is 0 Å². The third kappa shape index (κ3) is 2.03. The van der Waals surface area contributed by atoms with E-state index in [1.54, 1.807) is 22.7 Å². The summed E-state index contributed by atoms with van der Waals surface area (Å²) in [5.41, 5.74) is 1.16. The maximum atomic E-state index is 12.1. The Bertz CT molecular complexity index is 479. The molecule has 0 unspecified atom stereocenters. The highest BCUT2D eigenvalue weighted by molar-refractivity contribution is 7.16. The summed E-state index contributed by atoms with van der Waals surface area (Å²) < 4.78 is 0. The molecule has 2 aromatic heterocycles. The first-order chi connectivity index (χ1) is 7.22. The molecule has 0 aliphatic carbocycles. The molecule has 0 aromatic carbocycles. The van der Waals surface area contributed by atoms with Crippen LogP contribution in [0, 0.1) is 6.92 Å². The largest absolute Gasteiger partial charge is 0.287 e. The second kappa shape index (κ2) is 4.29. The second-order valence-corrected chi connectivity index (χ2v) is 5.57. The van der Waals surface area contributed by atoms with E-state index in [4.69, 9.17) is 0 Å². The van der Waals surface area contributed by atoms with E-state index in [2.05, 4.69) is 6.92 Å². The number of aryl methyl sites for hydroxylation is 2. The third-order valence-corrected chi connectivity index (χ3v) is 4.25. The van der Waals surface area contributed by atoms with Crippen LogP contribution in [0.3, 0.4) is 0 Å². The van der Waals surface area contributed by atoms with Crippen molar-refractivity contribution in [3.8, 4) is 0 Å². The van der Waals surface area contributed by atoms with Gasteiger partial charge in [-0.15, -0.1) is 22.7 Å². The Morgan fingerprint density at radius 3 is 2.73 bits per heavy atom. The summed E-state index contributed by atoms with van der Waals surface area (Å²) in [5.74, 6) is 0.181. The molecule has 0 aliphatic heterocycles. The third-order valence-electron chi connectivity index (χ3n) is 2.30. The molecule has 0 aliphatic rings. The molecule has 2 aromatic rings. The van der Waals surface area contributed by atoms with E-state index in [9.17, 15) is 4.79 Å². The summed E-state index contributed by atoms with van der Waals surface area (Å²) in [5, 5.41) is 1.99. The molecule has 0 bridgehead atoms. The molecule has 0 fully saturated rings. The van der Waals surface area contributed by atoms with Crippen LogP contribution in [0.1, 0.15) is 31.9 Å². The molecule has 15 heavy (non-hydrogen) atoms. The monoisotopic (exact) mass is 236 g/mol. The van der Waals surface area contributed by atoms with Gasteiger partial charge in [0.15, 0.2) is 0 Å². The molecule has 0 saturated carbocycles. The van der Waals surface area contributed by atoms with Gasteiger partial charge in [0.25, 0.3) is 0 Å². The molecule has 1 nitrogen and oxygen atoms in total. The second-order valence-electron chi connectivity index (χ2n) is 3.37. The zero-order valence-corrected chi connectivity index (χ0v) is 10.4. The minimum absolute atomic E-state index is 0.181. The van der Waals surface area contributed by atoms with E-state index in [0.29, 0.717) is 0 Å². The van der Waals surface area contributed by atoms with Gasteiger partial charge in [0.05, 0.1) is 9.75 Å². The van der Waals surface area contributed by atoms with Crippen molar-refractivity contribution in [1.82, 2.24) is 0 Å². The fourth-order valence-electron chi connectivity index (χ4n) is 1.48. The predicted octanol–water partition coefficient (Wildman–Crippen LogP) is 3.91. The quantitative estimate of drug-likeness (QED) is 0.738. The Labute approximate surface area is 97.4 Å². The van der Waals surface area contributed by atoms with Crippen molar-refractivity contribution in [1.29, 1.82) is 0 Å². The van der Waals surface area contributed by atoms with Crippen molar-refractivity contribution in [3.05, 3.63) is 43.8 Å². The Balaban J connectivity index is 2.36. The fourth-order valence-corrected chi connectivity index (χ4v) is 3.31. The number of hydrogen-bond donors (Lipinski definition) is 0. The lowest BCUT2D eigenvalue weighted by atomic mass is 10.1. The maximum Gasteiger partial charge on any atom is 0.213 e. The van der Waals surface area contributed by atoms with E-state index >= 15 is 0 Å². The first kappa shape index (κ1) is 10.6. The first-order valence-corrected chi connectivity index (χ1v) is 6.59. The zero-order chi connectivity index (χ0) is 10.8. The Morgan fingerprint density at radius 2 is 2.13 bits per heavy atom. The van der Waals surface area contributed by atoms with Crippen LogP contribution in [0.5, 0.6) is 0 Å². The van der Waals surface area contributed by atoms with Gasteiger partial charge in [0.1, 0.15) is 0 Å². The lowest BCUT2D eigenvalue weighted by molar-refractivity contribution is 0.104. The number of carbonyl (C=O) groups excluding carboxylic acids is 1. The number of hydrogen-bond acceptors (Lipinski definition) is 3. The summed E-state index contributed by atoms with van der Waals surface area (Å²) in [6.07, 6.45) is 0.926. The molecule has 0 radical (unpaired) electrons. The fraction of sp³-hybridized carbons (Fsp3) is 0.250. The van der Waals surface area contributed by atoms with E-state index < -0.39 is 0 Å². The van der Waals surface area contributed by atoms with E-state index in [0.717, 1.165) is 21.7 Å². The van der Waals surface area contributed by atoms with Gasteiger partial charge in [0.2, 0.25) is 5.78 Å². The van der Waals surface area contributed by atoms with Crippen molar-refractivity contribution < 1.29 is 4.79 Å². The lowest BCUT2D eigenvalue weighted by Crippen LogP contribution is -1.98. The SMILES string of the molecule is CCc1ccsc1C(=O)c1ccc(C)s1. The highest BCUT2D eigenvalue weighted by atomic mass is 32.1. The minimum atomic E-state index is 0.181. The summed E-state index contributed by atoms with van der Waals surface area (Å²) in [4.78, 5) is 15.1. The van der Waals surface area contributed by atoms with Gasteiger partial charge in [-0.25, -0.2) is 0 Å². The number of ketones is 1. The van der Waals surface area contributed by atoms with Gasteiger partial charge in [-0.05, 0) is 42.5 Å². The van der Waals surface area contributed by atoms with Crippen LogP contribution in [0.15, 0.2) is 23.6 Å². The zero-order valence-electron chi connectivity index (χ0n) is 8.74. The predicted molar refractivity (Wildman–Crippen MR) is 66.2 cm³/mol. The Morgan fingerprint density at radius 1 is 1.33 bits per heavy atom. The highest BCUT2D eigenvalue weighted by Gasteiger charge is 2.15. The average Bonchev–Trinajstić information content (AvgIpc) is 2.84. The molecule has 78 valence electrons. The standard InChI is InChI=1S/C12H12OS2/c1-3-9-6-7-14-12(9)11(13)10-5-4-8(2)15-10/h4-7H,3H2,1-2H3. The van der Waals surface area contributed by atoms with Crippen molar-refractivity contribution in [2.45, 2.75) is 20.3 Å². The summed E-state index contributed by atoms with van der Waals surface area (Å²) >= 11 is 3.11. The van der Waals surface area contributed by atoms with E-state index in [1.165, 1.54) is 4.88 Å². The number of carbonyl (C=O) groups is 1. The molecule has 0 saturated heterocycles. The van der Waals surface area contributed by atoms with Crippen LogP contribution in [0.2, 0.25) is 0 Å². The van der Waals surface area contributed by atoms with Crippen LogP contribution in [0.4, 0.5) is 0 Å². The Kier molecular flexibility index (Phi) is 3.03. The molecule has 0 atom stereocenters. The van der Waals surface area contributed by atoms with Crippen molar-refractivity contribution in [2.24, 2.45) is 0 Å². The topological polar surface area (TPSA) is 17.1 Å².